The zero-order valence-corrected chi connectivity index (χ0v) is 14.1. The van der Waals surface area contributed by atoms with Crippen LogP contribution in [-0.4, -0.2) is 22.8 Å². The average molecular weight is 307 g/mol. The quantitative estimate of drug-likeness (QED) is 0.890. The SMILES string of the molecule is Cc1ccccc1[C@H](NC(=O)OC(C)(C)C)C(C)(C)C(=O)O. The van der Waals surface area contributed by atoms with Crippen molar-refractivity contribution in [3.8, 4) is 0 Å². The molecule has 0 bridgehead atoms. The zero-order chi connectivity index (χ0) is 17.1. The second-order valence-electron chi connectivity index (χ2n) is 6.96. The molecule has 5 nitrogen and oxygen atoms in total. The molecule has 0 saturated heterocycles. The van der Waals surface area contributed by atoms with Gasteiger partial charge < -0.3 is 15.2 Å². The minimum atomic E-state index is -1.18. The Hall–Kier alpha value is -2.04. The molecule has 1 amide bonds. The molecule has 5 heteroatoms. The van der Waals surface area contributed by atoms with Crippen molar-refractivity contribution in [3.05, 3.63) is 35.4 Å². The topological polar surface area (TPSA) is 75.6 Å². The summed E-state index contributed by atoms with van der Waals surface area (Å²) >= 11 is 0. The Balaban J connectivity index is 3.17. The summed E-state index contributed by atoms with van der Waals surface area (Å²) in [7, 11) is 0. The molecule has 0 heterocycles. The van der Waals surface area contributed by atoms with Crippen LogP contribution in [0.15, 0.2) is 24.3 Å². The van der Waals surface area contributed by atoms with Gasteiger partial charge in [-0.2, -0.15) is 0 Å². The number of benzene rings is 1. The van der Waals surface area contributed by atoms with Gasteiger partial charge in [-0.25, -0.2) is 4.79 Å². The summed E-state index contributed by atoms with van der Waals surface area (Å²) in [5, 5.41) is 12.2. The van der Waals surface area contributed by atoms with Gasteiger partial charge in [0.05, 0.1) is 11.5 Å². The number of ether oxygens (including phenoxy) is 1. The van der Waals surface area contributed by atoms with Gasteiger partial charge in [0.15, 0.2) is 0 Å². The second kappa shape index (κ2) is 6.38. The van der Waals surface area contributed by atoms with Gasteiger partial charge in [0.25, 0.3) is 0 Å². The number of carbonyl (C=O) groups excluding carboxylic acids is 1. The summed E-state index contributed by atoms with van der Waals surface area (Å²) in [6.07, 6.45) is -0.630. The number of hydrogen-bond acceptors (Lipinski definition) is 3. The fraction of sp³-hybridized carbons (Fsp3) is 0.529. The highest BCUT2D eigenvalue weighted by atomic mass is 16.6. The third kappa shape index (κ3) is 4.48. The van der Waals surface area contributed by atoms with E-state index in [0.29, 0.717) is 0 Å². The monoisotopic (exact) mass is 307 g/mol. The number of carboxylic acid groups (broad SMARTS) is 1. The molecule has 0 saturated carbocycles. The molecular weight excluding hydrogens is 282 g/mol. The highest BCUT2D eigenvalue weighted by Gasteiger charge is 2.40. The van der Waals surface area contributed by atoms with Crippen LogP contribution in [0.5, 0.6) is 0 Å². The number of amides is 1. The van der Waals surface area contributed by atoms with Crippen molar-refractivity contribution >= 4 is 12.1 Å². The van der Waals surface area contributed by atoms with Crippen LogP contribution in [0.1, 0.15) is 51.8 Å². The number of carbonyl (C=O) groups is 2. The summed E-state index contributed by atoms with van der Waals surface area (Å²) < 4.78 is 5.26. The van der Waals surface area contributed by atoms with E-state index in [2.05, 4.69) is 5.32 Å². The molecule has 0 spiro atoms. The molecule has 22 heavy (non-hydrogen) atoms. The van der Waals surface area contributed by atoms with Gasteiger partial charge in [-0.3, -0.25) is 4.79 Å². The summed E-state index contributed by atoms with van der Waals surface area (Å²) in [6, 6.07) is 6.71. The predicted molar refractivity (Wildman–Crippen MR) is 84.7 cm³/mol. The van der Waals surface area contributed by atoms with E-state index in [-0.39, 0.29) is 0 Å². The lowest BCUT2D eigenvalue weighted by Crippen LogP contribution is -2.44. The number of alkyl carbamates (subject to hydrolysis) is 1. The van der Waals surface area contributed by atoms with Crippen LogP contribution in [0.25, 0.3) is 0 Å². The van der Waals surface area contributed by atoms with Gasteiger partial charge in [0, 0.05) is 0 Å². The van der Waals surface area contributed by atoms with Crippen molar-refractivity contribution in [1.29, 1.82) is 0 Å². The third-order valence-electron chi connectivity index (χ3n) is 3.43. The van der Waals surface area contributed by atoms with Crippen LogP contribution in [0, 0.1) is 12.3 Å². The molecule has 0 aromatic heterocycles. The van der Waals surface area contributed by atoms with E-state index < -0.39 is 29.1 Å². The van der Waals surface area contributed by atoms with Gasteiger partial charge in [-0.05, 0) is 52.7 Å². The zero-order valence-electron chi connectivity index (χ0n) is 14.1. The van der Waals surface area contributed by atoms with E-state index in [0.717, 1.165) is 11.1 Å². The Morgan fingerprint density at radius 3 is 2.14 bits per heavy atom. The van der Waals surface area contributed by atoms with Crippen molar-refractivity contribution in [2.45, 2.75) is 53.2 Å². The summed E-state index contributed by atoms with van der Waals surface area (Å²) in [5.74, 6) is -0.989. The average Bonchev–Trinajstić information content (AvgIpc) is 2.34. The molecular formula is C17H25NO4. The largest absolute Gasteiger partial charge is 0.481 e. The molecule has 0 fully saturated rings. The van der Waals surface area contributed by atoms with E-state index in [4.69, 9.17) is 4.74 Å². The summed E-state index contributed by atoms with van der Waals surface area (Å²) in [6.45, 7) is 10.3. The van der Waals surface area contributed by atoms with Gasteiger partial charge >= 0.3 is 12.1 Å². The number of nitrogens with one attached hydrogen (secondary N) is 1. The van der Waals surface area contributed by atoms with Gasteiger partial charge in [0.1, 0.15) is 5.60 Å². The molecule has 1 rings (SSSR count). The maximum Gasteiger partial charge on any atom is 0.408 e. The molecule has 0 aliphatic rings. The van der Waals surface area contributed by atoms with Crippen molar-refractivity contribution in [3.63, 3.8) is 0 Å². The maximum absolute atomic E-state index is 12.1. The van der Waals surface area contributed by atoms with E-state index in [1.54, 1.807) is 34.6 Å². The van der Waals surface area contributed by atoms with Crippen LogP contribution < -0.4 is 5.32 Å². The fourth-order valence-corrected chi connectivity index (χ4v) is 2.11. The normalized spacial score (nSPS) is 13.4. The predicted octanol–water partition coefficient (Wildman–Crippen LogP) is 3.67. The second-order valence-corrected chi connectivity index (χ2v) is 6.96. The third-order valence-corrected chi connectivity index (χ3v) is 3.43. The van der Waals surface area contributed by atoms with Crippen LogP contribution in [0.3, 0.4) is 0 Å². The van der Waals surface area contributed by atoms with Crippen molar-refractivity contribution < 1.29 is 19.4 Å². The minimum Gasteiger partial charge on any atom is -0.481 e. The van der Waals surface area contributed by atoms with Crippen molar-refractivity contribution in [2.75, 3.05) is 0 Å². The first-order chi connectivity index (χ1) is 9.95. The Morgan fingerprint density at radius 1 is 1.14 bits per heavy atom. The van der Waals surface area contributed by atoms with E-state index >= 15 is 0 Å². The first-order valence-corrected chi connectivity index (χ1v) is 7.23. The van der Waals surface area contributed by atoms with Crippen molar-refractivity contribution in [1.82, 2.24) is 5.32 Å². The first kappa shape index (κ1) is 18.0. The maximum atomic E-state index is 12.1. The molecule has 0 aliphatic heterocycles. The van der Waals surface area contributed by atoms with Crippen LogP contribution in [-0.2, 0) is 9.53 Å². The van der Waals surface area contributed by atoms with E-state index in [9.17, 15) is 14.7 Å². The van der Waals surface area contributed by atoms with Gasteiger partial charge in [-0.15, -0.1) is 0 Å². The highest BCUT2D eigenvalue weighted by Crippen LogP contribution is 2.35. The Bertz CT molecular complexity index is 558. The molecule has 1 atom stereocenters. The highest BCUT2D eigenvalue weighted by molar-refractivity contribution is 5.77. The summed E-state index contributed by atoms with van der Waals surface area (Å²) in [5.41, 5.74) is -0.143. The van der Waals surface area contributed by atoms with Gasteiger partial charge in [-0.1, -0.05) is 24.3 Å². The number of hydrogen-bond donors (Lipinski definition) is 2. The molecule has 0 aliphatic carbocycles. The lowest BCUT2D eigenvalue weighted by atomic mass is 9.79. The summed E-state index contributed by atoms with van der Waals surface area (Å²) in [4.78, 5) is 23.7. The molecule has 1 aromatic rings. The lowest BCUT2D eigenvalue weighted by Gasteiger charge is -2.33. The van der Waals surface area contributed by atoms with Gasteiger partial charge in [0.2, 0.25) is 0 Å². The van der Waals surface area contributed by atoms with Crippen LogP contribution in [0.4, 0.5) is 4.79 Å². The molecule has 1 aromatic carbocycles. The molecule has 0 radical (unpaired) electrons. The Kier molecular flexibility index (Phi) is 5.22. The van der Waals surface area contributed by atoms with E-state index in [1.807, 2.05) is 31.2 Å². The number of aliphatic carboxylic acids is 1. The van der Waals surface area contributed by atoms with Crippen LogP contribution >= 0.6 is 0 Å². The van der Waals surface area contributed by atoms with E-state index in [1.165, 1.54) is 0 Å². The first-order valence-electron chi connectivity index (χ1n) is 7.23. The standard InChI is InChI=1S/C17H25NO4/c1-11-9-7-8-10-12(11)13(17(5,6)14(19)20)18-15(21)22-16(2,3)4/h7-10,13H,1-6H3,(H,18,21)(H,19,20)/t13-/m0/s1. The van der Waals surface area contributed by atoms with Crippen LogP contribution in [0.2, 0.25) is 0 Å². The fourth-order valence-electron chi connectivity index (χ4n) is 2.11. The minimum absolute atomic E-state index is 0.630. The molecule has 122 valence electrons. The Morgan fingerprint density at radius 2 is 1.68 bits per heavy atom. The molecule has 0 unspecified atom stereocenters. The van der Waals surface area contributed by atoms with Crippen molar-refractivity contribution in [2.24, 2.45) is 5.41 Å². The molecule has 2 N–H and O–H groups in total. The number of rotatable bonds is 4. The smallest absolute Gasteiger partial charge is 0.408 e. The Labute approximate surface area is 131 Å². The number of aryl methyl sites for hydroxylation is 1. The lowest BCUT2D eigenvalue weighted by molar-refractivity contribution is -0.148. The number of carboxylic acids is 1.